The van der Waals surface area contributed by atoms with E-state index >= 15 is 0 Å². The Kier molecular flexibility index (Phi) is 4.09. The van der Waals surface area contributed by atoms with Crippen LogP contribution in [0.1, 0.15) is 31.4 Å². The number of pyridine rings is 1. The lowest BCUT2D eigenvalue weighted by atomic mass is 10.2. The molecule has 14 heavy (non-hydrogen) atoms. The minimum atomic E-state index is 0.501. The van der Waals surface area contributed by atoms with E-state index in [9.17, 15) is 0 Å². The molecule has 0 fully saturated rings. The Morgan fingerprint density at radius 1 is 1.57 bits per heavy atom. The summed E-state index contributed by atoms with van der Waals surface area (Å²) in [4.78, 5) is 4.00. The first-order valence-corrected chi connectivity index (χ1v) is 4.83. The molecular weight excluding hydrogens is 174 g/mol. The molecule has 1 unspecified atom stereocenters. The van der Waals surface area contributed by atoms with Gasteiger partial charge in [0.25, 0.3) is 0 Å². The molecule has 1 atom stereocenters. The van der Waals surface area contributed by atoms with Crippen LogP contribution in [0, 0.1) is 11.3 Å². The normalized spacial score (nSPS) is 12.1. The summed E-state index contributed by atoms with van der Waals surface area (Å²) in [5.74, 6) is 0. The van der Waals surface area contributed by atoms with Crippen LogP contribution < -0.4 is 5.32 Å². The van der Waals surface area contributed by atoms with Gasteiger partial charge in [-0.25, -0.2) is 0 Å². The Labute approximate surface area is 84.8 Å². The summed E-state index contributed by atoms with van der Waals surface area (Å²) in [6, 6.07) is 4.44. The van der Waals surface area contributed by atoms with E-state index in [1.165, 1.54) is 0 Å². The fourth-order valence-electron chi connectivity index (χ4n) is 1.08. The van der Waals surface area contributed by atoms with E-state index in [0.717, 1.165) is 18.5 Å². The van der Waals surface area contributed by atoms with E-state index in [1.807, 2.05) is 6.07 Å². The van der Waals surface area contributed by atoms with Crippen molar-refractivity contribution in [3.8, 4) is 6.07 Å². The smallest absolute Gasteiger partial charge is 0.101 e. The summed E-state index contributed by atoms with van der Waals surface area (Å²) in [6.07, 6.45) is 4.47. The second-order valence-corrected chi connectivity index (χ2v) is 3.38. The minimum absolute atomic E-state index is 0.501. The van der Waals surface area contributed by atoms with Gasteiger partial charge in [0.2, 0.25) is 0 Å². The van der Waals surface area contributed by atoms with Crippen LogP contribution >= 0.6 is 0 Å². The maximum absolute atomic E-state index is 8.68. The van der Waals surface area contributed by atoms with E-state index in [1.54, 1.807) is 12.4 Å². The van der Waals surface area contributed by atoms with Crippen molar-refractivity contribution >= 4 is 0 Å². The largest absolute Gasteiger partial charge is 0.310 e. The fraction of sp³-hybridized carbons (Fsp3) is 0.455. The van der Waals surface area contributed by atoms with Crippen LogP contribution in [-0.2, 0) is 6.54 Å². The first-order chi connectivity index (χ1) is 6.76. The maximum atomic E-state index is 8.68. The number of hydrogen-bond acceptors (Lipinski definition) is 3. The summed E-state index contributed by atoms with van der Waals surface area (Å²) in [5, 5.41) is 12.0. The van der Waals surface area contributed by atoms with Gasteiger partial charge in [-0.2, -0.15) is 5.26 Å². The van der Waals surface area contributed by atoms with Gasteiger partial charge in [0, 0.05) is 25.0 Å². The van der Waals surface area contributed by atoms with Gasteiger partial charge in [-0.3, -0.25) is 4.98 Å². The van der Waals surface area contributed by atoms with Crippen LogP contribution in [-0.4, -0.2) is 11.0 Å². The Hall–Kier alpha value is -1.40. The zero-order chi connectivity index (χ0) is 10.4. The van der Waals surface area contributed by atoms with Gasteiger partial charge in [-0.15, -0.1) is 0 Å². The number of rotatable bonds is 4. The number of hydrogen-bond donors (Lipinski definition) is 1. The molecule has 1 aromatic rings. The third kappa shape index (κ3) is 3.15. The Balaban J connectivity index is 2.55. The number of nitriles is 1. The summed E-state index contributed by atoms with van der Waals surface area (Å²) in [7, 11) is 0. The molecule has 3 heteroatoms. The molecular formula is C11H15N3. The zero-order valence-corrected chi connectivity index (χ0v) is 8.62. The fourth-order valence-corrected chi connectivity index (χ4v) is 1.08. The molecule has 0 radical (unpaired) electrons. The molecule has 74 valence electrons. The molecule has 0 aliphatic rings. The lowest BCUT2D eigenvalue weighted by Gasteiger charge is -2.10. The lowest BCUT2D eigenvalue weighted by Crippen LogP contribution is -2.24. The van der Waals surface area contributed by atoms with Crippen molar-refractivity contribution in [2.24, 2.45) is 0 Å². The van der Waals surface area contributed by atoms with Gasteiger partial charge in [-0.1, -0.05) is 6.92 Å². The second kappa shape index (κ2) is 5.36. The molecule has 0 saturated carbocycles. The van der Waals surface area contributed by atoms with Gasteiger partial charge in [0.1, 0.15) is 6.07 Å². The molecule has 0 aromatic carbocycles. The highest BCUT2D eigenvalue weighted by molar-refractivity contribution is 5.28. The summed E-state index contributed by atoms with van der Waals surface area (Å²) >= 11 is 0. The van der Waals surface area contributed by atoms with Crippen molar-refractivity contribution in [2.45, 2.75) is 32.9 Å². The molecule has 1 rings (SSSR count). The Morgan fingerprint density at radius 3 is 3.00 bits per heavy atom. The van der Waals surface area contributed by atoms with Gasteiger partial charge < -0.3 is 5.32 Å². The van der Waals surface area contributed by atoms with Crippen molar-refractivity contribution in [1.29, 1.82) is 5.26 Å². The van der Waals surface area contributed by atoms with Gasteiger partial charge >= 0.3 is 0 Å². The second-order valence-electron chi connectivity index (χ2n) is 3.38. The monoisotopic (exact) mass is 189 g/mol. The van der Waals surface area contributed by atoms with Crippen molar-refractivity contribution in [3.05, 3.63) is 29.6 Å². The standard InChI is InChI=1S/C11H15N3/c1-3-9(2)14-8-11-4-10(5-12)6-13-7-11/h4,6-7,9,14H,3,8H2,1-2H3. The van der Waals surface area contributed by atoms with E-state index in [4.69, 9.17) is 5.26 Å². The van der Waals surface area contributed by atoms with Crippen molar-refractivity contribution < 1.29 is 0 Å². The van der Waals surface area contributed by atoms with Gasteiger partial charge in [-0.05, 0) is 25.0 Å². The van der Waals surface area contributed by atoms with Crippen molar-refractivity contribution in [3.63, 3.8) is 0 Å². The Morgan fingerprint density at radius 2 is 2.36 bits per heavy atom. The first kappa shape index (κ1) is 10.7. The van der Waals surface area contributed by atoms with Gasteiger partial charge in [0.15, 0.2) is 0 Å². The molecule has 0 bridgehead atoms. The molecule has 3 nitrogen and oxygen atoms in total. The van der Waals surface area contributed by atoms with Crippen LogP contribution in [0.15, 0.2) is 18.5 Å². The van der Waals surface area contributed by atoms with Crippen LogP contribution in [0.5, 0.6) is 0 Å². The van der Waals surface area contributed by atoms with Gasteiger partial charge in [0.05, 0.1) is 5.56 Å². The molecule has 0 aliphatic carbocycles. The minimum Gasteiger partial charge on any atom is -0.310 e. The number of nitrogens with zero attached hydrogens (tertiary/aromatic N) is 2. The summed E-state index contributed by atoms with van der Waals surface area (Å²) in [5.41, 5.74) is 1.68. The van der Waals surface area contributed by atoms with Crippen molar-refractivity contribution in [1.82, 2.24) is 10.3 Å². The average Bonchev–Trinajstić information content (AvgIpc) is 2.26. The Bertz CT molecular complexity index is 328. The molecule has 1 aromatic heterocycles. The van der Waals surface area contributed by atoms with E-state index in [0.29, 0.717) is 11.6 Å². The van der Waals surface area contributed by atoms with E-state index in [2.05, 4.69) is 30.2 Å². The molecule has 0 aliphatic heterocycles. The summed E-state index contributed by atoms with van der Waals surface area (Å²) < 4.78 is 0. The third-order valence-electron chi connectivity index (χ3n) is 2.19. The summed E-state index contributed by atoms with van der Waals surface area (Å²) in [6.45, 7) is 5.06. The maximum Gasteiger partial charge on any atom is 0.101 e. The van der Waals surface area contributed by atoms with Crippen LogP contribution in [0.4, 0.5) is 0 Å². The topological polar surface area (TPSA) is 48.7 Å². The molecule has 1 heterocycles. The van der Waals surface area contributed by atoms with E-state index in [-0.39, 0.29) is 0 Å². The number of nitrogens with one attached hydrogen (secondary N) is 1. The lowest BCUT2D eigenvalue weighted by molar-refractivity contribution is 0.533. The highest BCUT2D eigenvalue weighted by atomic mass is 14.9. The molecule has 1 N–H and O–H groups in total. The molecule has 0 spiro atoms. The van der Waals surface area contributed by atoms with Crippen LogP contribution in [0.3, 0.4) is 0 Å². The third-order valence-corrected chi connectivity index (χ3v) is 2.19. The van der Waals surface area contributed by atoms with Crippen LogP contribution in [0.2, 0.25) is 0 Å². The zero-order valence-electron chi connectivity index (χ0n) is 8.62. The SMILES string of the molecule is CCC(C)NCc1cncc(C#N)c1. The quantitative estimate of drug-likeness (QED) is 0.786. The predicted octanol–water partition coefficient (Wildman–Crippen LogP) is 1.84. The highest BCUT2D eigenvalue weighted by Gasteiger charge is 1.99. The van der Waals surface area contributed by atoms with E-state index < -0.39 is 0 Å². The highest BCUT2D eigenvalue weighted by Crippen LogP contribution is 2.01. The molecule has 0 saturated heterocycles. The number of aromatic nitrogens is 1. The van der Waals surface area contributed by atoms with Crippen LogP contribution in [0.25, 0.3) is 0 Å². The predicted molar refractivity (Wildman–Crippen MR) is 55.5 cm³/mol. The molecule has 0 amide bonds. The average molecular weight is 189 g/mol. The van der Waals surface area contributed by atoms with Crippen molar-refractivity contribution in [2.75, 3.05) is 0 Å². The first-order valence-electron chi connectivity index (χ1n) is 4.83.